The molecule has 15 heavy (non-hydrogen) atoms. The first-order chi connectivity index (χ1) is 7.20. The molecular weight excluding hydrogens is 208 g/mol. The fraction of sp³-hybridized carbons (Fsp3) is 0.909. The van der Waals surface area contributed by atoms with Crippen LogP contribution in [0.4, 0.5) is 0 Å². The molecule has 0 radical (unpaired) electrons. The Labute approximate surface area is 96.8 Å². The Bertz CT molecular complexity index is 211. The number of rotatable bonds is 5. The van der Waals surface area contributed by atoms with Crippen molar-refractivity contribution in [1.82, 2.24) is 4.90 Å². The predicted molar refractivity (Wildman–Crippen MR) is 66.0 cm³/mol. The van der Waals surface area contributed by atoms with Gasteiger partial charge in [0, 0.05) is 12.6 Å². The minimum absolute atomic E-state index is 0.161. The van der Waals surface area contributed by atoms with E-state index in [4.69, 9.17) is 5.73 Å². The monoisotopic (exact) mass is 230 g/mol. The average Bonchev–Trinajstić information content (AvgIpc) is 2.72. The van der Waals surface area contributed by atoms with Gasteiger partial charge in [0.25, 0.3) is 0 Å². The minimum Gasteiger partial charge on any atom is -0.338 e. The van der Waals surface area contributed by atoms with E-state index in [-0.39, 0.29) is 11.9 Å². The van der Waals surface area contributed by atoms with Crippen LogP contribution in [0.1, 0.15) is 32.6 Å². The Balaban J connectivity index is 2.44. The summed E-state index contributed by atoms with van der Waals surface area (Å²) in [5, 5.41) is 0. The second-order valence-electron chi connectivity index (χ2n) is 4.12. The standard InChI is InChI=1S/C11H22N2OS/c1-3-9-5-4-7-13(9)11(14)10(12)6-8-15-2/h9-10H,3-8,12H2,1-2H3/t9?,10-/m1/s1. The Morgan fingerprint density at radius 3 is 3.00 bits per heavy atom. The lowest BCUT2D eigenvalue weighted by molar-refractivity contribution is -0.133. The highest BCUT2D eigenvalue weighted by Crippen LogP contribution is 2.20. The van der Waals surface area contributed by atoms with Crippen molar-refractivity contribution in [2.75, 3.05) is 18.6 Å². The molecule has 3 nitrogen and oxygen atoms in total. The molecule has 1 unspecified atom stereocenters. The van der Waals surface area contributed by atoms with Crippen LogP contribution >= 0.6 is 11.8 Å². The van der Waals surface area contributed by atoms with Crippen molar-refractivity contribution in [3.63, 3.8) is 0 Å². The summed E-state index contributed by atoms with van der Waals surface area (Å²) >= 11 is 1.75. The largest absolute Gasteiger partial charge is 0.338 e. The molecule has 0 aliphatic carbocycles. The van der Waals surface area contributed by atoms with Crippen molar-refractivity contribution < 1.29 is 4.79 Å². The molecule has 1 fully saturated rings. The van der Waals surface area contributed by atoms with Gasteiger partial charge in [0.15, 0.2) is 0 Å². The zero-order valence-electron chi connectivity index (χ0n) is 9.74. The van der Waals surface area contributed by atoms with Crippen LogP contribution in [0.3, 0.4) is 0 Å². The quantitative estimate of drug-likeness (QED) is 0.778. The van der Waals surface area contributed by atoms with Gasteiger partial charge in [0.2, 0.25) is 5.91 Å². The van der Waals surface area contributed by atoms with E-state index in [0.717, 1.165) is 38.0 Å². The van der Waals surface area contributed by atoms with E-state index >= 15 is 0 Å². The van der Waals surface area contributed by atoms with Gasteiger partial charge < -0.3 is 10.6 Å². The topological polar surface area (TPSA) is 46.3 Å². The summed E-state index contributed by atoms with van der Waals surface area (Å²) in [5.41, 5.74) is 5.90. The van der Waals surface area contributed by atoms with Crippen molar-refractivity contribution in [1.29, 1.82) is 0 Å². The molecule has 2 N–H and O–H groups in total. The molecule has 0 aromatic heterocycles. The summed E-state index contributed by atoms with van der Waals surface area (Å²) in [6.07, 6.45) is 6.19. The molecule has 1 amide bonds. The third kappa shape index (κ3) is 3.38. The Morgan fingerprint density at radius 2 is 2.40 bits per heavy atom. The van der Waals surface area contributed by atoms with E-state index in [1.165, 1.54) is 0 Å². The number of hydrogen-bond acceptors (Lipinski definition) is 3. The zero-order valence-corrected chi connectivity index (χ0v) is 10.6. The van der Waals surface area contributed by atoms with Crippen molar-refractivity contribution in [3.8, 4) is 0 Å². The first kappa shape index (κ1) is 12.8. The Hall–Kier alpha value is -0.220. The maximum Gasteiger partial charge on any atom is 0.239 e. The van der Waals surface area contributed by atoms with Gasteiger partial charge >= 0.3 is 0 Å². The van der Waals surface area contributed by atoms with Gasteiger partial charge in [-0.1, -0.05) is 6.92 Å². The summed E-state index contributed by atoms with van der Waals surface area (Å²) in [6.45, 7) is 3.05. The number of nitrogens with zero attached hydrogens (tertiary/aromatic N) is 1. The van der Waals surface area contributed by atoms with E-state index in [1.807, 2.05) is 11.2 Å². The molecule has 0 aromatic carbocycles. The molecule has 1 heterocycles. The molecule has 2 atom stereocenters. The second-order valence-corrected chi connectivity index (χ2v) is 5.11. The predicted octanol–water partition coefficient (Wildman–Crippen LogP) is 1.47. The molecule has 1 saturated heterocycles. The maximum atomic E-state index is 12.0. The van der Waals surface area contributed by atoms with E-state index in [2.05, 4.69) is 6.92 Å². The molecule has 0 saturated carbocycles. The normalized spacial score (nSPS) is 23.1. The summed E-state index contributed by atoms with van der Waals surface area (Å²) < 4.78 is 0. The summed E-state index contributed by atoms with van der Waals surface area (Å²) in [4.78, 5) is 14.0. The van der Waals surface area contributed by atoms with E-state index in [9.17, 15) is 4.79 Å². The van der Waals surface area contributed by atoms with E-state index in [1.54, 1.807) is 11.8 Å². The summed E-state index contributed by atoms with van der Waals surface area (Å²) in [5.74, 6) is 1.13. The molecule has 0 aromatic rings. The van der Waals surface area contributed by atoms with Gasteiger partial charge in [0.1, 0.15) is 0 Å². The number of hydrogen-bond donors (Lipinski definition) is 1. The van der Waals surface area contributed by atoms with Crippen LogP contribution in [0, 0.1) is 0 Å². The summed E-state index contributed by atoms with van der Waals surface area (Å²) in [6, 6.07) is 0.155. The Kier molecular flexibility index (Phi) is 5.47. The third-order valence-corrected chi connectivity index (χ3v) is 3.73. The van der Waals surface area contributed by atoms with Crippen LogP contribution in [-0.2, 0) is 4.79 Å². The second kappa shape index (κ2) is 6.38. The van der Waals surface area contributed by atoms with Crippen LogP contribution in [-0.4, -0.2) is 41.4 Å². The molecule has 0 bridgehead atoms. The van der Waals surface area contributed by atoms with Crippen LogP contribution < -0.4 is 5.73 Å². The highest BCUT2D eigenvalue weighted by Gasteiger charge is 2.29. The minimum atomic E-state index is -0.287. The smallest absolute Gasteiger partial charge is 0.239 e. The number of thioether (sulfide) groups is 1. The lowest BCUT2D eigenvalue weighted by atomic mass is 10.1. The first-order valence-corrected chi connectivity index (χ1v) is 7.15. The highest BCUT2D eigenvalue weighted by molar-refractivity contribution is 7.98. The van der Waals surface area contributed by atoms with Gasteiger partial charge in [-0.05, 0) is 37.7 Å². The molecule has 88 valence electrons. The molecule has 1 aliphatic heterocycles. The number of nitrogens with two attached hydrogens (primary N) is 1. The van der Waals surface area contributed by atoms with Crippen LogP contribution in [0.5, 0.6) is 0 Å². The SMILES string of the molecule is CCC1CCCN1C(=O)[C@H](N)CCSC. The van der Waals surface area contributed by atoms with Crippen molar-refractivity contribution >= 4 is 17.7 Å². The third-order valence-electron chi connectivity index (χ3n) is 3.08. The number of carbonyl (C=O) groups excluding carboxylic acids is 1. The van der Waals surface area contributed by atoms with Crippen molar-refractivity contribution in [3.05, 3.63) is 0 Å². The average molecular weight is 230 g/mol. The number of amides is 1. The van der Waals surface area contributed by atoms with Gasteiger partial charge in [-0.3, -0.25) is 4.79 Å². The van der Waals surface area contributed by atoms with Crippen LogP contribution in [0.2, 0.25) is 0 Å². The molecular formula is C11H22N2OS. The number of carbonyl (C=O) groups is 1. The zero-order chi connectivity index (χ0) is 11.3. The van der Waals surface area contributed by atoms with E-state index < -0.39 is 0 Å². The van der Waals surface area contributed by atoms with Crippen LogP contribution in [0.25, 0.3) is 0 Å². The van der Waals surface area contributed by atoms with Crippen LogP contribution in [0.15, 0.2) is 0 Å². The summed E-state index contributed by atoms with van der Waals surface area (Å²) in [7, 11) is 0. The highest BCUT2D eigenvalue weighted by atomic mass is 32.2. The molecule has 0 spiro atoms. The fourth-order valence-electron chi connectivity index (χ4n) is 2.13. The molecule has 1 rings (SSSR count). The van der Waals surface area contributed by atoms with Gasteiger partial charge in [0.05, 0.1) is 6.04 Å². The Morgan fingerprint density at radius 1 is 1.67 bits per heavy atom. The molecule has 1 aliphatic rings. The maximum absolute atomic E-state index is 12.0. The van der Waals surface area contributed by atoms with E-state index in [0.29, 0.717) is 6.04 Å². The lowest BCUT2D eigenvalue weighted by Crippen LogP contribution is -2.46. The van der Waals surface area contributed by atoms with Crippen molar-refractivity contribution in [2.24, 2.45) is 5.73 Å². The van der Waals surface area contributed by atoms with Gasteiger partial charge in [-0.15, -0.1) is 0 Å². The molecule has 4 heteroatoms. The fourth-order valence-corrected chi connectivity index (χ4v) is 2.62. The lowest BCUT2D eigenvalue weighted by Gasteiger charge is -2.26. The first-order valence-electron chi connectivity index (χ1n) is 5.75. The van der Waals surface area contributed by atoms with Gasteiger partial charge in [-0.2, -0.15) is 11.8 Å². The van der Waals surface area contributed by atoms with Crippen molar-refractivity contribution in [2.45, 2.75) is 44.7 Å². The van der Waals surface area contributed by atoms with Gasteiger partial charge in [-0.25, -0.2) is 0 Å². The number of likely N-dealkylation sites (tertiary alicyclic amines) is 1.